The molecule has 3 heterocycles. The van der Waals surface area contributed by atoms with Gasteiger partial charge in [0.1, 0.15) is 6.61 Å². The first-order valence-electron chi connectivity index (χ1n) is 9.69. The SMILES string of the molecule is O=C(N[C@H]1CC[C@H](c2nnc(OCCOC(F)(F)F)o2)NC1)c1ccc2c(c1)OC(F)(F)O2. The lowest BCUT2D eigenvalue weighted by Crippen LogP contribution is -2.46. The Labute approximate surface area is 182 Å². The van der Waals surface area contributed by atoms with Crippen LogP contribution in [0, 0.1) is 0 Å². The fraction of sp³-hybridized carbons (Fsp3) is 0.500. The third kappa shape index (κ3) is 5.98. The summed E-state index contributed by atoms with van der Waals surface area (Å²) in [6.45, 7) is -0.808. The summed E-state index contributed by atoms with van der Waals surface area (Å²) < 4.78 is 84.4. The van der Waals surface area contributed by atoms with Crippen molar-refractivity contribution < 1.29 is 50.1 Å². The number of benzene rings is 1. The van der Waals surface area contributed by atoms with Gasteiger partial charge in [-0.2, -0.15) is 0 Å². The van der Waals surface area contributed by atoms with Crippen LogP contribution in [-0.2, 0) is 4.74 Å². The topological polar surface area (TPSA) is 117 Å². The van der Waals surface area contributed by atoms with E-state index in [2.05, 4.69) is 35.0 Å². The maximum Gasteiger partial charge on any atom is 0.586 e. The minimum absolute atomic E-state index is 0.130. The van der Waals surface area contributed by atoms with Crippen LogP contribution in [0.2, 0.25) is 0 Å². The summed E-state index contributed by atoms with van der Waals surface area (Å²) in [6, 6.07) is 3.13. The van der Waals surface area contributed by atoms with E-state index >= 15 is 0 Å². The van der Waals surface area contributed by atoms with E-state index in [1.54, 1.807) is 0 Å². The highest BCUT2D eigenvalue weighted by atomic mass is 19.4. The normalized spacial score (nSPS) is 21.6. The number of rotatable bonds is 7. The van der Waals surface area contributed by atoms with Crippen LogP contribution in [0.25, 0.3) is 0 Å². The van der Waals surface area contributed by atoms with Crippen molar-refractivity contribution in [2.24, 2.45) is 0 Å². The van der Waals surface area contributed by atoms with Gasteiger partial charge in [0.15, 0.2) is 11.5 Å². The first-order valence-corrected chi connectivity index (χ1v) is 9.69. The molecule has 1 amide bonds. The van der Waals surface area contributed by atoms with Crippen molar-refractivity contribution in [1.29, 1.82) is 0 Å². The van der Waals surface area contributed by atoms with E-state index in [1.807, 2.05) is 0 Å². The largest absolute Gasteiger partial charge is 0.586 e. The maximum atomic E-state index is 13.1. The summed E-state index contributed by atoms with van der Waals surface area (Å²) in [5, 5.41) is 13.3. The Bertz CT molecular complexity index is 993. The summed E-state index contributed by atoms with van der Waals surface area (Å²) in [5.41, 5.74) is 0.130. The van der Waals surface area contributed by atoms with Gasteiger partial charge in [-0.25, -0.2) is 0 Å². The summed E-state index contributed by atoms with van der Waals surface area (Å²) in [5.74, 6) is -0.678. The number of nitrogens with zero attached hydrogens (tertiary/aromatic N) is 2. The van der Waals surface area contributed by atoms with Gasteiger partial charge in [0, 0.05) is 18.2 Å². The molecule has 2 atom stereocenters. The number of carbonyl (C=O) groups is 1. The number of nitrogens with one attached hydrogen (secondary N) is 2. The van der Waals surface area contributed by atoms with E-state index in [-0.39, 0.29) is 41.1 Å². The summed E-state index contributed by atoms with van der Waals surface area (Å²) in [6.07, 6.45) is -7.78. The van der Waals surface area contributed by atoms with Crippen LogP contribution in [0.1, 0.15) is 35.1 Å². The molecule has 0 aliphatic carbocycles. The standard InChI is InChI=1S/C18H17F5N4O6/c19-17(20,21)30-6-5-29-16-27-26-15(31-16)11-3-2-10(8-24-11)25-14(28)9-1-4-12-13(7-9)33-18(22,23)32-12/h1,4,7,10-11,24H,2-3,5-6,8H2,(H,25,28)/t10-,11+/m0/s1. The lowest BCUT2D eigenvalue weighted by Gasteiger charge is -2.28. The Morgan fingerprint density at radius 2 is 1.97 bits per heavy atom. The Morgan fingerprint density at radius 3 is 2.70 bits per heavy atom. The first kappa shape index (κ1) is 23.0. The van der Waals surface area contributed by atoms with Gasteiger partial charge in [0.2, 0.25) is 5.89 Å². The fourth-order valence-electron chi connectivity index (χ4n) is 3.26. The lowest BCUT2D eigenvalue weighted by atomic mass is 10.0. The molecule has 0 spiro atoms. The minimum atomic E-state index is -4.75. The molecule has 4 rings (SSSR count). The van der Waals surface area contributed by atoms with Crippen molar-refractivity contribution in [2.45, 2.75) is 37.6 Å². The number of ether oxygens (including phenoxy) is 4. The predicted molar refractivity (Wildman–Crippen MR) is 95.7 cm³/mol. The number of halogens is 5. The Balaban J connectivity index is 1.23. The van der Waals surface area contributed by atoms with E-state index in [4.69, 9.17) is 9.15 Å². The summed E-state index contributed by atoms with van der Waals surface area (Å²) in [4.78, 5) is 12.5. The Kier molecular flexibility index (Phi) is 6.25. The van der Waals surface area contributed by atoms with Gasteiger partial charge in [-0.1, -0.05) is 5.10 Å². The van der Waals surface area contributed by atoms with Gasteiger partial charge in [-0.15, -0.1) is 27.1 Å². The number of amides is 1. The van der Waals surface area contributed by atoms with Crippen molar-refractivity contribution >= 4 is 5.91 Å². The van der Waals surface area contributed by atoms with E-state index in [1.165, 1.54) is 18.2 Å². The second-order valence-corrected chi connectivity index (χ2v) is 7.09. The molecule has 1 aromatic carbocycles. The van der Waals surface area contributed by atoms with Crippen molar-refractivity contribution in [2.75, 3.05) is 19.8 Å². The average molecular weight is 480 g/mol. The number of hydrogen-bond donors (Lipinski definition) is 2. The molecule has 0 unspecified atom stereocenters. The molecule has 10 nitrogen and oxygen atoms in total. The van der Waals surface area contributed by atoms with Crippen LogP contribution < -0.4 is 24.8 Å². The number of hydrogen-bond acceptors (Lipinski definition) is 9. The molecule has 0 saturated carbocycles. The number of piperidine rings is 1. The number of fused-ring (bicyclic) bond motifs is 1. The number of carbonyl (C=O) groups excluding carboxylic acids is 1. The van der Waals surface area contributed by atoms with Crippen LogP contribution in [0.15, 0.2) is 22.6 Å². The number of aromatic nitrogens is 2. The molecule has 0 radical (unpaired) electrons. The van der Waals surface area contributed by atoms with Crippen LogP contribution >= 0.6 is 0 Å². The molecule has 2 aliphatic heterocycles. The van der Waals surface area contributed by atoms with Crippen LogP contribution in [0.3, 0.4) is 0 Å². The average Bonchev–Trinajstić information content (AvgIpc) is 3.33. The molecule has 2 aliphatic rings. The zero-order valence-electron chi connectivity index (χ0n) is 16.7. The monoisotopic (exact) mass is 480 g/mol. The molecule has 0 bridgehead atoms. The van der Waals surface area contributed by atoms with Crippen molar-refractivity contribution in [3.05, 3.63) is 29.7 Å². The van der Waals surface area contributed by atoms with Crippen molar-refractivity contribution in [3.8, 4) is 17.6 Å². The highest BCUT2D eigenvalue weighted by Crippen LogP contribution is 2.41. The Morgan fingerprint density at radius 1 is 1.18 bits per heavy atom. The molecule has 2 N–H and O–H groups in total. The fourth-order valence-corrected chi connectivity index (χ4v) is 3.26. The van der Waals surface area contributed by atoms with Gasteiger partial charge in [-0.05, 0) is 31.0 Å². The van der Waals surface area contributed by atoms with E-state index in [9.17, 15) is 26.7 Å². The van der Waals surface area contributed by atoms with Gasteiger partial charge < -0.3 is 29.3 Å². The predicted octanol–water partition coefficient (Wildman–Crippen LogP) is 2.53. The van der Waals surface area contributed by atoms with Gasteiger partial charge in [0.05, 0.1) is 12.6 Å². The highest BCUT2D eigenvalue weighted by molar-refractivity contribution is 5.95. The highest BCUT2D eigenvalue weighted by Gasteiger charge is 2.43. The van der Waals surface area contributed by atoms with Crippen molar-refractivity contribution in [3.63, 3.8) is 0 Å². The molecule has 1 fully saturated rings. The van der Waals surface area contributed by atoms with E-state index in [0.717, 1.165) is 0 Å². The molecular formula is C18H17F5N4O6. The molecule has 1 aromatic heterocycles. The molecule has 15 heteroatoms. The van der Waals surface area contributed by atoms with Gasteiger partial charge in [0.25, 0.3) is 5.91 Å². The van der Waals surface area contributed by atoms with Crippen LogP contribution in [-0.4, -0.2) is 54.6 Å². The number of alkyl halides is 5. The molecular weight excluding hydrogens is 463 g/mol. The summed E-state index contributed by atoms with van der Waals surface area (Å²) in [7, 11) is 0. The third-order valence-corrected chi connectivity index (χ3v) is 4.71. The Hall–Kier alpha value is -3.20. The van der Waals surface area contributed by atoms with Crippen LogP contribution in [0.4, 0.5) is 22.0 Å². The van der Waals surface area contributed by atoms with E-state index in [0.29, 0.717) is 19.4 Å². The van der Waals surface area contributed by atoms with Crippen LogP contribution in [0.5, 0.6) is 17.6 Å². The summed E-state index contributed by atoms with van der Waals surface area (Å²) >= 11 is 0. The van der Waals surface area contributed by atoms with Gasteiger partial charge in [-0.3, -0.25) is 9.53 Å². The van der Waals surface area contributed by atoms with Gasteiger partial charge >= 0.3 is 18.7 Å². The zero-order chi connectivity index (χ0) is 23.6. The smallest absolute Gasteiger partial charge is 0.447 e. The van der Waals surface area contributed by atoms with E-state index < -0.39 is 31.8 Å². The quantitative estimate of drug-likeness (QED) is 0.456. The third-order valence-electron chi connectivity index (χ3n) is 4.71. The second kappa shape index (κ2) is 8.97. The van der Waals surface area contributed by atoms with Crippen molar-refractivity contribution in [1.82, 2.24) is 20.8 Å². The maximum absolute atomic E-state index is 13.1. The molecule has 33 heavy (non-hydrogen) atoms. The molecule has 2 aromatic rings. The zero-order valence-corrected chi connectivity index (χ0v) is 16.7. The molecule has 180 valence electrons. The first-order chi connectivity index (χ1) is 15.6. The lowest BCUT2D eigenvalue weighted by molar-refractivity contribution is -0.325. The molecule has 1 saturated heterocycles. The minimum Gasteiger partial charge on any atom is -0.447 e. The second-order valence-electron chi connectivity index (χ2n) is 7.09.